The molecule has 0 unspecified atom stereocenters. The van der Waals surface area contributed by atoms with Gasteiger partial charge in [-0.25, -0.2) is 0 Å². The topological polar surface area (TPSA) is 17.1 Å². The van der Waals surface area contributed by atoms with Crippen molar-refractivity contribution in [3.63, 3.8) is 0 Å². The summed E-state index contributed by atoms with van der Waals surface area (Å²) in [4.78, 5) is 1.45. The van der Waals surface area contributed by atoms with Crippen molar-refractivity contribution in [3.8, 4) is 0 Å². The van der Waals surface area contributed by atoms with E-state index in [9.17, 15) is 0 Å². The Morgan fingerprint density at radius 2 is 1.37 bits per heavy atom. The summed E-state index contributed by atoms with van der Waals surface area (Å²) < 4.78 is 15.1. The fourth-order valence-corrected chi connectivity index (χ4v) is 9.16. The summed E-state index contributed by atoms with van der Waals surface area (Å²) in [5, 5.41) is 1.96. The Balaban J connectivity index is 1.87. The molecule has 4 rings (SSSR count). The first-order valence-electron chi connectivity index (χ1n) is 10.8. The van der Waals surface area contributed by atoms with Crippen LogP contribution in [-0.2, 0) is 4.57 Å². The zero-order chi connectivity index (χ0) is 20.8. The van der Waals surface area contributed by atoms with Gasteiger partial charge in [0.05, 0.1) is 0 Å². The van der Waals surface area contributed by atoms with Gasteiger partial charge in [-0.2, -0.15) is 0 Å². The molecule has 154 valence electrons. The maximum atomic E-state index is 15.1. The maximum Gasteiger partial charge on any atom is 0.146 e. The fourth-order valence-electron chi connectivity index (χ4n) is 4.66. The van der Waals surface area contributed by atoms with E-state index >= 15 is 4.57 Å². The SMILES string of the molecule is CCSC1=CCC[C@@H](P(=O)(c2ccccc2)c2ccccc2)[C@H](c2ccccc2)C1. The molecule has 0 aromatic heterocycles. The minimum Gasteiger partial charge on any atom is -0.313 e. The molecule has 2 atom stereocenters. The van der Waals surface area contributed by atoms with Crippen LogP contribution in [0.5, 0.6) is 0 Å². The lowest BCUT2D eigenvalue weighted by Crippen LogP contribution is -2.30. The highest BCUT2D eigenvalue weighted by Gasteiger charge is 2.42. The molecule has 1 aliphatic rings. The average Bonchev–Trinajstić information content (AvgIpc) is 3.03. The standard InChI is InChI=1S/C27H29OPS/c1-2-30-25-19-12-20-27(26(21-25)22-13-6-3-7-14-22)29(28,23-15-8-4-9-16-23)24-17-10-5-11-18-24/h3-11,13-19,26-27H,2,12,20-21H2,1H3/t26-,27+/m0/s1. The Morgan fingerprint density at radius 1 is 0.833 bits per heavy atom. The molecular weight excluding hydrogens is 403 g/mol. The predicted molar refractivity (Wildman–Crippen MR) is 133 cm³/mol. The predicted octanol–water partition coefficient (Wildman–Crippen LogP) is 6.97. The molecule has 0 spiro atoms. The van der Waals surface area contributed by atoms with Crippen LogP contribution in [0.25, 0.3) is 0 Å². The molecule has 30 heavy (non-hydrogen) atoms. The molecule has 0 amide bonds. The molecule has 1 aliphatic carbocycles. The number of hydrogen-bond donors (Lipinski definition) is 0. The van der Waals surface area contributed by atoms with Gasteiger partial charge in [0, 0.05) is 16.3 Å². The van der Waals surface area contributed by atoms with Crippen molar-refractivity contribution >= 4 is 29.5 Å². The Kier molecular flexibility index (Phi) is 6.97. The van der Waals surface area contributed by atoms with Gasteiger partial charge < -0.3 is 4.57 Å². The number of allylic oxidation sites excluding steroid dienone is 2. The number of rotatable bonds is 6. The molecule has 0 N–H and O–H groups in total. The van der Waals surface area contributed by atoms with Gasteiger partial charge in [-0.3, -0.25) is 0 Å². The van der Waals surface area contributed by atoms with Crippen LogP contribution in [0.1, 0.15) is 37.7 Å². The van der Waals surface area contributed by atoms with Gasteiger partial charge in [0.15, 0.2) is 0 Å². The monoisotopic (exact) mass is 432 g/mol. The minimum absolute atomic E-state index is 0.0795. The Morgan fingerprint density at radius 3 is 1.90 bits per heavy atom. The van der Waals surface area contributed by atoms with E-state index in [1.807, 2.05) is 48.2 Å². The van der Waals surface area contributed by atoms with Crippen LogP contribution in [0, 0.1) is 0 Å². The number of thioether (sulfide) groups is 1. The summed E-state index contributed by atoms with van der Waals surface area (Å²) in [6.07, 6.45) is 5.29. The summed E-state index contributed by atoms with van der Waals surface area (Å²) in [6, 6.07) is 31.1. The molecule has 0 saturated carbocycles. The van der Waals surface area contributed by atoms with Crippen molar-refractivity contribution in [2.45, 2.75) is 37.8 Å². The Labute approximate surface area is 185 Å². The highest BCUT2D eigenvalue weighted by Crippen LogP contribution is 2.58. The van der Waals surface area contributed by atoms with Gasteiger partial charge in [0.1, 0.15) is 7.14 Å². The van der Waals surface area contributed by atoms with Crippen LogP contribution in [-0.4, -0.2) is 11.4 Å². The smallest absolute Gasteiger partial charge is 0.146 e. The van der Waals surface area contributed by atoms with Gasteiger partial charge >= 0.3 is 0 Å². The Bertz CT molecular complexity index is 971. The van der Waals surface area contributed by atoms with Crippen LogP contribution in [0.3, 0.4) is 0 Å². The van der Waals surface area contributed by atoms with E-state index in [1.165, 1.54) is 10.5 Å². The largest absolute Gasteiger partial charge is 0.313 e. The fraction of sp³-hybridized carbons (Fsp3) is 0.259. The minimum atomic E-state index is -2.84. The lowest BCUT2D eigenvalue weighted by Gasteiger charge is -2.34. The van der Waals surface area contributed by atoms with E-state index in [1.54, 1.807) is 0 Å². The molecule has 3 aromatic rings. The molecule has 3 aromatic carbocycles. The number of hydrogen-bond acceptors (Lipinski definition) is 2. The highest BCUT2D eigenvalue weighted by atomic mass is 32.2. The summed E-state index contributed by atoms with van der Waals surface area (Å²) >= 11 is 1.94. The lowest BCUT2D eigenvalue weighted by molar-refractivity contribution is 0.548. The second-order valence-corrected chi connectivity index (χ2v) is 12.2. The zero-order valence-corrected chi connectivity index (χ0v) is 19.2. The van der Waals surface area contributed by atoms with Gasteiger partial charge in [-0.1, -0.05) is 104 Å². The Hall–Kier alpha value is -2.02. The van der Waals surface area contributed by atoms with Crippen molar-refractivity contribution in [3.05, 3.63) is 108 Å². The molecule has 0 bridgehead atoms. The van der Waals surface area contributed by atoms with E-state index in [4.69, 9.17) is 0 Å². The second-order valence-electron chi connectivity index (χ2n) is 7.80. The maximum absolute atomic E-state index is 15.1. The highest BCUT2D eigenvalue weighted by molar-refractivity contribution is 8.03. The normalized spacial score (nSPS) is 19.7. The molecule has 0 aliphatic heterocycles. The molecule has 0 heterocycles. The van der Waals surface area contributed by atoms with Crippen molar-refractivity contribution in [2.75, 3.05) is 5.75 Å². The molecule has 0 radical (unpaired) electrons. The van der Waals surface area contributed by atoms with Gasteiger partial charge in [0.25, 0.3) is 0 Å². The second kappa shape index (κ2) is 9.86. The number of benzene rings is 3. The average molecular weight is 433 g/mol. The van der Waals surface area contributed by atoms with Crippen molar-refractivity contribution in [1.82, 2.24) is 0 Å². The van der Waals surface area contributed by atoms with Crippen molar-refractivity contribution in [1.29, 1.82) is 0 Å². The summed E-state index contributed by atoms with van der Waals surface area (Å²) in [5.74, 6) is 1.32. The van der Waals surface area contributed by atoms with E-state index in [2.05, 4.69) is 67.6 Å². The third kappa shape index (κ3) is 4.36. The third-order valence-electron chi connectivity index (χ3n) is 6.02. The van der Waals surface area contributed by atoms with Crippen molar-refractivity contribution < 1.29 is 4.57 Å². The van der Waals surface area contributed by atoms with E-state index < -0.39 is 7.14 Å². The zero-order valence-electron chi connectivity index (χ0n) is 17.5. The molecule has 0 saturated heterocycles. The van der Waals surface area contributed by atoms with Crippen LogP contribution in [0.15, 0.2) is 102 Å². The molecular formula is C27H29OPS. The first-order chi connectivity index (χ1) is 14.7. The molecule has 3 heteroatoms. The summed E-state index contributed by atoms with van der Waals surface area (Å²) in [6.45, 7) is 2.21. The molecule has 1 nitrogen and oxygen atoms in total. The van der Waals surface area contributed by atoms with Crippen LogP contribution >= 0.6 is 18.9 Å². The van der Waals surface area contributed by atoms with Crippen molar-refractivity contribution in [2.24, 2.45) is 0 Å². The van der Waals surface area contributed by atoms with Gasteiger partial charge in [0.2, 0.25) is 0 Å². The van der Waals surface area contributed by atoms with E-state index in [0.717, 1.165) is 35.6 Å². The first kappa shape index (κ1) is 21.2. The summed E-state index contributed by atoms with van der Waals surface area (Å²) in [7, 11) is -2.84. The van der Waals surface area contributed by atoms with Crippen LogP contribution in [0.2, 0.25) is 0 Å². The first-order valence-corrected chi connectivity index (χ1v) is 13.6. The summed E-state index contributed by atoms with van der Waals surface area (Å²) in [5.41, 5.74) is 1.38. The van der Waals surface area contributed by atoms with Gasteiger partial charge in [-0.15, -0.1) is 11.8 Å². The third-order valence-corrected chi connectivity index (χ3v) is 10.7. The molecule has 0 fully saturated rings. The van der Waals surface area contributed by atoms with E-state index in [0.29, 0.717) is 0 Å². The quantitative estimate of drug-likeness (QED) is 0.391. The van der Waals surface area contributed by atoms with Gasteiger partial charge in [-0.05, 0) is 41.4 Å². The lowest BCUT2D eigenvalue weighted by atomic mass is 9.91. The van der Waals surface area contributed by atoms with Crippen LogP contribution in [0.4, 0.5) is 0 Å². The van der Waals surface area contributed by atoms with E-state index in [-0.39, 0.29) is 11.6 Å². The van der Waals surface area contributed by atoms with Crippen LogP contribution < -0.4 is 10.6 Å².